The van der Waals surface area contributed by atoms with E-state index in [0.717, 1.165) is 16.2 Å². The Morgan fingerprint density at radius 1 is 1.21 bits per heavy atom. The van der Waals surface area contributed by atoms with Crippen LogP contribution in [0.2, 0.25) is 0 Å². The Bertz CT molecular complexity index is 757. The van der Waals surface area contributed by atoms with Gasteiger partial charge in [0.25, 0.3) is 0 Å². The van der Waals surface area contributed by atoms with Crippen LogP contribution in [0.25, 0.3) is 0 Å². The number of carbonyl (C=O) groups is 2. The van der Waals surface area contributed by atoms with Crippen molar-refractivity contribution in [1.29, 1.82) is 0 Å². The molecule has 0 fully saturated rings. The highest BCUT2D eigenvalue weighted by atomic mass is 32.2. The number of amides is 1. The summed E-state index contributed by atoms with van der Waals surface area (Å²) in [4.78, 5) is 24.1. The maximum Gasteiger partial charge on any atom is 0.240 e. The largest absolute Gasteiger partial charge is 0.544 e. The quantitative estimate of drug-likeness (QED) is 0.464. The van der Waals surface area contributed by atoms with Gasteiger partial charge in [0.15, 0.2) is 0 Å². The summed E-state index contributed by atoms with van der Waals surface area (Å²) in [7, 11) is 0. The fourth-order valence-corrected chi connectivity index (χ4v) is 3.33. The second-order valence-electron chi connectivity index (χ2n) is 4.74. The number of carboxylic acids is 1. The lowest BCUT2D eigenvalue weighted by atomic mass is 10.3. The SMILES string of the molecule is C/C(=N/NC(=O)CCSc1ccc(F)cc1)c1ccc(C(=O)[O-])s1. The van der Waals surface area contributed by atoms with Crippen LogP contribution in [-0.2, 0) is 4.79 Å². The van der Waals surface area contributed by atoms with Gasteiger partial charge in [0.2, 0.25) is 5.91 Å². The average molecular weight is 365 g/mol. The molecule has 1 amide bonds. The first-order valence-electron chi connectivity index (χ1n) is 6.99. The highest BCUT2D eigenvalue weighted by Crippen LogP contribution is 2.19. The van der Waals surface area contributed by atoms with Crippen molar-refractivity contribution in [2.75, 3.05) is 5.75 Å². The van der Waals surface area contributed by atoms with E-state index >= 15 is 0 Å². The molecule has 0 bridgehead atoms. The van der Waals surface area contributed by atoms with E-state index in [9.17, 15) is 19.1 Å². The molecule has 1 N–H and O–H groups in total. The first-order valence-corrected chi connectivity index (χ1v) is 8.79. The molecular weight excluding hydrogens is 351 g/mol. The summed E-state index contributed by atoms with van der Waals surface area (Å²) in [6.07, 6.45) is 0.257. The molecule has 0 radical (unpaired) electrons. The third-order valence-electron chi connectivity index (χ3n) is 2.92. The van der Waals surface area contributed by atoms with Crippen molar-refractivity contribution >= 4 is 40.7 Å². The molecule has 1 aromatic carbocycles. The highest BCUT2D eigenvalue weighted by molar-refractivity contribution is 7.99. The van der Waals surface area contributed by atoms with E-state index in [-0.39, 0.29) is 23.0 Å². The number of thioether (sulfide) groups is 1. The number of nitrogens with zero attached hydrogens (tertiary/aromatic N) is 1. The molecule has 126 valence electrons. The van der Waals surface area contributed by atoms with Crippen LogP contribution in [0.15, 0.2) is 46.4 Å². The predicted molar refractivity (Wildman–Crippen MR) is 90.7 cm³/mol. The van der Waals surface area contributed by atoms with Crippen LogP contribution in [0, 0.1) is 5.82 Å². The van der Waals surface area contributed by atoms with Gasteiger partial charge in [-0.3, -0.25) is 4.79 Å². The summed E-state index contributed by atoms with van der Waals surface area (Å²) in [6, 6.07) is 9.12. The van der Waals surface area contributed by atoms with Crippen LogP contribution < -0.4 is 10.5 Å². The number of thiophene rings is 1. The monoisotopic (exact) mass is 365 g/mol. The summed E-state index contributed by atoms with van der Waals surface area (Å²) < 4.78 is 12.8. The Labute approximate surface area is 146 Å². The Kier molecular flexibility index (Phi) is 6.51. The van der Waals surface area contributed by atoms with Crippen LogP contribution in [0.4, 0.5) is 4.39 Å². The van der Waals surface area contributed by atoms with Gasteiger partial charge in [0.05, 0.1) is 21.4 Å². The summed E-state index contributed by atoms with van der Waals surface area (Å²) in [5, 5.41) is 14.7. The number of hydrogen-bond acceptors (Lipinski definition) is 6. The molecule has 0 aliphatic rings. The van der Waals surface area contributed by atoms with Crippen molar-refractivity contribution in [1.82, 2.24) is 5.43 Å². The van der Waals surface area contributed by atoms with E-state index in [1.165, 1.54) is 30.0 Å². The van der Waals surface area contributed by atoms with E-state index in [4.69, 9.17) is 0 Å². The minimum Gasteiger partial charge on any atom is -0.544 e. The van der Waals surface area contributed by atoms with E-state index < -0.39 is 5.97 Å². The average Bonchev–Trinajstić information content (AvgIpc) is 3.05. The number of hydrogen-bond donors (Lipinski definition) is 1. The molecule has 24 heavy (non-hydrogen) atoms. The zero-order valence-electron chi connectivity index (χ0n) is 12.7. The van der Waals surface area contributed by atoms with Crippen molar-refractivity contribution in [2.24, 2.45) is 5.10 Å². The Morgan fingerprint density at radius 2 is 1.88 bits per heavy atom. The summed E-state index contributed by atoms with van der Waals surface area (Å²) in [6.45, 7) is 1.68. The van der Waals surface area contributed by atoms with Gasteiger partial charge in [-0.1, -0.05) is 0 Å². The molecule has 0 spiro atoms. The van der Waals surface area contributed by atoms with Crippen molar-refractivity contribution in [3.05, 3.63) is 52.0 Å². The number of carboxylic acid groups (broad SMARTS) is 1. The van der Waals surface area contributed by atoms with Gasteiger partial charge in [0, 0.05) is 17.1 Å². The second-order valence-corrected chi connectivity index (χ2v) is 6.99. The van der Waals surface area contributed by atoms with E-state index in [0.29, 0.717) is 16.3 Å². The first-order chi connectivity index (χ1) is 11.5. The molecule has 0 aliphatic carbocycles. The molecule has 0 aliphatic heterocycles. The Morgan fingerprint density at radius 3 is 2.50 bits per heavy atom. The van der Waals surface area contributed by atoms with E-state index in [1.807, 2.05) is 0 Å². The molecule has 0 unspecified atom stereocenters. The number of hydrazone groups is 1. The van der Waals surface area contributed by atoms with Gasteiger partial charge in [0.1, 0.15) is 5.82 Å². The summed E-state index contributed by atoms with van der Waals surface area (Å²) in [5.74, 6) is -1.24. The van der Waals surface area contributed by atoms with Gasteiger partial charge < -0.3 is 9.90 Å². The van der Waals surface area contributed by atoms with Crippen molar-refractivity contribution in [2.45, 2.75) is 18.2 Å². The lowest BCUT2D eigenvalue weighted by Crippen LogP contribution is -2.20. The number of rotatable bonds is 7. The number of benzene rings is 1. The molecule has 1 aromatic heterocycles. The second kappa shape index (κ2) is 8.60. The van der Waals surface area contributed by atoms with Gasteiger partial charge in [-0.05, 0) is 43.3 Å². The predicted octanol–water partition coefficient (Wildman–Crippen LogP) is 2.27. The maximum absolute atomic E-state index is 12.8. The fourth-order valence-electron chi connectivity index (χ4n) is 1.69. The van der Waals surface area contributed by atoms with Crippen molar-refractivity contribution in [3.8, 4) is 0 Å². The van der Waals surface area contributed by atoms with Crippen LogP contribution in [0.3, 0.4) is 0 Å². The maximum atomic E-state index is 12.8. The normalized spacial score (nSPS) is 11.3. The molecule has 0 saturated heterocycles. The molecule has 8 heteroatoms. The van der Waals surface area contributed by atoms with Crippen molar-refractivity contribution in [3.63, 3.8) is 0 Å². The summed E-state index contributed by atoms with van der Waals surface area (Å²) in [5.41, 5.74) is 2.95. The summed E-state index contributed by atoms with van der Waals surface area (Å²) >= 11 is 2.49. The molecule has 2 rings (SSSR count). The molecule has 5 nitrogen and oxygen atoms in total. The smallest absolute Gasteiger partial charge is 0.240 e. The van der Waals surface area contributed by atoms with Crippen LogP contribution in [0.1, 0.15) is 27.9 Å². The molecule has 0 saturated carbocycles. The third kappa shape index (κ3) is 5.47. The molecule has 1 heterocycles. The zero-order valence-corrected chi connectivity index (χ0v) is 14.4. The topological polar surface area (TPSA) is 81.6 Å². The standard InChI is InChI=1S/C16H15FN2O3S2/c1-10(13-6-7-14(24-13)16(21)22)18-19-15(20)8-9-23-12-4-2-11(17)3-5-12/h2-7H,8-9H2,1H3,(H,19,20)(H,21,22)/p-1/b18-10-. The van der Waals surface area contributed by atoms with Gasteiger partial charge in [-0.2, -0.15) is 5.10 Å². The molecule has 0 atom stereocenters. The fraction of sp³-hybridized carbons (Fsp3) is 0.188. The minimum atomic E-state index is -1.24. The van der Waals surface area contributed by atoms with Gasteiger partial charge in [-0.25, -0.2) is 9.82 Å². The van der Waals surface area contributed by atoms with E-state index in [2.05, 4.69) is 10.5 Å². The zero-order chi connectivity index (χ0) is 17.5. The lowest BCUT2D eigenvalue weighted by Gasteiger charge is -2.02. The number of carbonyl (C=O) groups excluding carboxylic acids is 2. The number of aromatic carboxylic acids is 1. The molecule has 2 aromatic rings. The number of nitrogens with one attached hydrogen (secondary N) is 1. The number of halogens is 1. The van der Waals surface area contributed by atoms with Gasteiger partial charge >= 0.3 is 0 Å². The molecular formula is C16H14FN2O3S2-. The van der Waals surface area contributed by atoms with Crippen LogP contribution in [-0.4, -0.2) is 23.3 Å². The van der Waals surface area contributed by atoms with E-state index in [1.54, 1.807) is 25.1 Å². The highest BCUT2D eigenvalue weighted by Gasteiger charge is 2.06. The minimum absolute atomic E-state index is 0.113. The first kappa shape index (κ1) is 18.2. The lowest BCUT2D eigenvalue weighted by molar-refractivity contribution is -0.254. The van der Waals surface area contributed by atoms with Crippen molar-refractivity contribution < 1.29 is 19.1 Å². The van der Waals surface area contributed by atoms with Gasteiger partial charge in [-0.15, -0.1) is 23.1 Å². The van der Waals surface area contributed by atoms with Crippen LogP contribution >= 0.6 is 23.1 Å². The third-order valence-corrected chi connectivity index (χ3v) is 5.11. The Hall–Kier alpha value is -2.19. The van der Waals surface area contributed by atoms with Crippen LogP contribution in [0.5, 0.6) is 0 Å². The Balaban J connectivity index is 1.78.